The highest BCUT2D eigenvalue weighted by Gasteiger charge is 2.30. The molecule has 3 atom stereocenters. The molecule has 0 aromatic carbocycles. The molecule has 13 heteroatoms. The van der Waals surface area contributed by atoms with Gasteiger partial charge < -0.3 is 31.5 Å². The molecule has 0 saturated carbocycles. The molecule has 1 N–H and O–H groups in total. The minimum absolute atomic E-state index is 0. The van der Waals surface area contributed by atoms with Gasteiger partial charge in [-0.1, -0.05) is 148 Å². The van der Waals surface area contributed by atoms with Crippen molar-refractivity contribution in [1.29, 1.82) is 0 Å². The molecular weight excluding hydrogens is 817 g/mol. The highest BCUT2D eigenvalue weighted by Crippen LogP contribution is 2.49. The van der Waals surface area contributed by atoms with Crippen LogP contribution in [0.1, 0.15) is 214 Å². The number of ether oxygens (including phenoxy) is 3. The number of esters is 3. The van der Waals surface area contributed by atoms with Gasteiger partial charge in [-0.25, -0.2) is 4.57 Å². The van der Waals surface area contributed by atoms with Gasteiger partial charge >= 0.3 is 25.7 Å². The molecule has 0 aliphatic heterocycles. The maximum absolute atomic E-state index is 13.3. The Kier molecular flexibility index (Phi) is 45.5. The maximum atomic E-state index is 13.3. The number of quaternary nitrogens is 1. The van der Waals surface area contributed by atoms with Crippen molar-refractivity contribution in [1.82, 2.24) is 0 Å². The number of nitrogens with one attached hydrogen (secondary N) is 1. The van der Waals surface area contributed by atoms with Crippen molar-refractivity contribution in [2.75, 3.05) is 53.7 Å². The minimum Gasteiger partial charge on any atom is -1.00 e. The van der Waals surface area contributed by atoms with Crippen LogP contribution in [-0.4, -0.2) is 77.7 Å². The number of hydrogen-bond donors (Lipinski definition) is 1. The Morgan fingerprint density at radius 2 is 0.984 bits per heavy atom. The largest absolute Gasteiger partial charge is 1.00 e. The number of allylic oxidation sites excluding steroid dienone is 2. The molecule has 0 aromatic heterocycles. The Morgan fingerprint density at radius 1 is 0.525 bits per heavy atom. The highest BCUT2D eigenvalue weighted by atomic mass is 35.5. The number of carbonyl (C=O) groups is 3. The van der Waals surface area contributed by atoms with Gasteiger partial charge in [0.15, 0.2) is 6.10 Å². The summed E-state index contributed by atoms with van der Waals surface area (Å²) in [5.74, 6) is -0.925. The lowest BCUT2D eigenvalue weighted by Crippen LogP contribution is -3.06. The van der Waals surface area contributed by atoms with Gasteiger partial charge in [-0.2, -0.15) is 0 Å². The summed E-state index contributed by atoms with van der Waals surface area (Å²) in [5, 5.41) is 0. The van der Waals surface area contributed by atoms with Crippen LogP contribution in [-0.2, 0) is 46.7 Å². The summed E-state index contributed by atoms with van der Waals surface area (Å²) < 4.78 is 46.5. The van der Waals surface area contributed by atoms with Gasteiger partial charge in [-0.05, 0) is 64.2 Å². The Balaban J connectivity index is 0. The van der Waals surface area contributed by atoms with Gasteiger partial charge in [0.05, 0.1) is 33.9 Å². The van der Waals surface area contributed by atoms with E-state index in [1.165, 1.54) is 96.3 Å². The van der Waals surface area contributed by atoms with Gasteiger partial charge in [0.2, 0.25) is 0 Å². The third-order valence-corrected chi connectivity index (χ3v) is 12.1. The first-order valence-electron chi connectivity index (χ1n) is 24.6. The summed E-state index contributed by atoms with van der Waals surface area (Å²) in [6.45, 7) is 8.99. The number of phosphoric acid groups is 1. The SMILES string of the molecule is CCCCCCCC/C=C\CCCCCCCC(=O)OC[C@H](COP(=O)(OCC)OCC[NH+](C)C)OC(=O)CCCC(=O)OCC(CCCCCC)CCCCCCCC.[Cl-]. The van der Waals surface area contributed by atoms with Crippen molar-refractivity contribution in [2.45, 2.75) is 220 Å². The van der Waals surface area contributed by atoms with E-state index in [0.29, 0.717) is 25.5 Å². The fourth-order valence-electron chi connectivity index (χ4n) is 6.81. The molecule has 362 valence electrons. The van der Waals surface area contributed by atoms with E-state index in [-0.39, 0.29) is 70.5 Å². The summed E-state index contributed by atoms with van der Waals surface area (Å²) in [4.78, 5) is 39.4. The smallest absolute Gasteiger partial charge is 0.475 e. The number of likely N-dealkylation sites (N-methyl/N-ethyl adjacent to an activating group) is 1. The lowest BCUT2D eigenvalue weighted by molar-refractivity contribution is -0.858. The number of hydrogen-bond acceptors (Lipinski definition) is 10. The Hall–Kier alpha value is -1.49. The fourth-order valence-corrected chi connectivity index (χ4v) is 8.01. The van der Waals surface area contributed by atoms with Gasteiger partial charge in [-0.15, -0.1) is 0 Å². The molecule has 61 heavy (non-hydrogen) atoms. The van der Waals surface area contributed by atoms with Crippen molar-refractivity contribution in [3.63, 3.8) is 0 Å². The summed E-state index contributed by atoms with van der Waals surface area (Å²) in [6, 6.07) is 0. The second-order valence-corrected chi connectivity index (χ2v) is 18.6. The van der Waals surface area contributed by atoms with E-state index >= 15 is 0 Å². The van der Waals surface area contributed by atoms with Crippen molar-refractivity contribution in [3.8, 4) is 0 Å². The molecule has 11 nitrogen and oxygen atoms in total. The third-order valence-electron chi connectivity index (χ3n) is 10.6. The number of phosphoric ester groups is 1. The number of halogens is 1. The van der Waals surface area contributed by atoms with Crippen molar-refractivity contribution >= 4 is 25.7 Å². The molecule has 0 fully saturated rings. The molecular formula is C48H93ClNO10P. The van der Waals surface area contributed by atoms with Gasteiger partial charge in [0, 0.05) is 19.3 Å². The van der Waals surface area contributed by atoms with Crippen molar-refractivity contribution in [2.24, 2.45) is 5.92 Å². The van der Waals surface area contributed by atoms with Crippen molar-refractivity contribution < 1.29 is 64.0 Å². The zero-order valence-electron chi connectivity index (χ0n) is 40.0. The van der Waals surface area contributed by atoms with Crippen LogP contribution in [0.5, 0.6) is 0 Å². The Labute approximate surface area is 380 Å². The van der Waals surface area contributed by atoms with E-state index in [4.69, 9.17) is 27.8 Å². The third kappa shape index (κ3) is 42.2. The molecule has 0 bridgehead atoms. The van der Waals surface area contributed by atoms with Crippen LogP contribution in [0.25, 0.3) is 0 Å². The first-order chi connectivity index (χ1) is 29.1. The molecule has 0 spiro atoms. The quantitative estimate of drug-likeness (QED) is 0.0208. The topological polar surface area (TPSA) is 128 Å². The fraction of sp³-hybridized carbons (Fsp3) is 0.896. The molecule has 0 aliphatic rings. The average molecular weight is 911 g/mol. The van der Waals surface area contributed by atoms with E-state index in [9.17, 15) is 18.9 Å². The predicted octanol–water partition coefficient (Wildman–Crippen LogP) is 8.86. The Bertz CT molecular complexity index is 1090. The maximum Gasteiger partial charge on any atom is 0.475 e. The minimum atomic E-state index is -3.95. The van der Waals surface area contributed by atoms with Crippen LogP contribution in [0.3, 0.4) is 0 Å². The zero-order chi connectivity index (χ0) is 44.4. The summed E-state index contributed by atoms with van der Waals surface area (Å²) >= 11 is 0. The number of carbonyl (C=O) groups excluding carboxylic acids is 3. The standard InChI is InChI=1S/C48H92NO10P.ClH/c1-7-11-14-17-19-20-21-22-23-24-25-26-27-29-32-36-46(50)55-42-45(43-58-60(53,56-10-4)57-40-39-49(5)6)59-48(52)38-33-37-47(51)54-41-44(34-30-16-13-9-3)35-31-28-18-15-12-8-2;/h22-23,44-45H,7-21,24-43H2,1-6H3;1H/b23-22-;/t44?,45-,60?;/m1./s1. The lowest BCUT2D eigenvalue weighted by Gasteiger charge is -2.22. The van der Waals surface area contributed by atoms with Crippen LogP contribution in [0.2, 0.25) is 0 Å². The molecule has 0 saturated heterocycles. The first-order valence-corrected chi connectivity index (χ1v) is 26.0. The van der Waals surface area contributed by atoms with Crippen LogP contribution in [0.15, 0.2) is 12.2 Å². The molecule has 0 rings (SSSR count). The molecule has 0 heterocycles. The molecule has 0 aliphatic carbocycles. The molecule has 2 unspecified atom stereocenters. The average Bonchev–Trinajstić information content (AvgIpc) is 3.21. The van der Waals surface area contributed by atoms with Crippen LogP contribution >= 0.6 is 7.82 Å². The van der Waals surface area contributed by atoms with Gasteiger partial charge in [0.1, 0.15) is 19.8 Å². The lowest BCUT2D eigenvalue weighted by atomic mass is 9.95. The van der Waals surface area contributed by atoms with Gasteiger partial charge in [0.25, 0.3) is 0 Å². The monoisotopic (exact) mass is 910 g/mol. The summed E-state index contributed by atoms with van der Waals surface area (Å²) in [6.07, 6.45) is 33.7. The van der Waals surface area contributed by atoms with Crippen LogP contribution in [0, 0.1) is 5.92 Å². The molecule has 0 radical (unpaired) electrons. The van der Waals surface area contributed by atoms with E-state index in [1.54, 1.807) is 6.92 Å². The molecule has 0 aromatic rings. The van der Waals surface area contributed by atoms with E-state index in [1.807, 2.05) is 14.1 Å². The second kappa shape index (κ2) is 45.1. The van der Waals surface area contributed by atoms with E-state index in [2.05, 4.69) is 32.9 Å². The van der Waals surface area contributed by atoms with Gasteiger partial charge in [-0.3, -0.25) is 28.0 Å². The number of unbranched alkanes of at least 4 members (excludes halogenated alkanes) is 19. The molecule has 0 amide bonds. The highest BCUT2D eigenvalue weighted by molar-refractivity contribution is 7.48. The summed E-state index contributed by atoms with van der Waals surface area (Å²) in [5.41, 5.74) is 0. The first kappa shape index (κ1) is 61.6. The van der Waals surface area contributed by atoms with Crippen LogP contribution < -0.4 is 17.3 Å². The predicted molar refractivity (Wildman–Crippen MR) is 244 cm³/mol. The van der Waals surface area contributed by atoms with E-state index < -0.39 is 25.9 Å². The zero-order valence-corrected chi connectivity index (χ0v) is 41.6. The second-order valence-electron chi connectivity index (χ2n) is 16.9. The van der Waals surface area contributed by atoms with Crippen molar-refractivity contribution in [3.05, 3.63) is 12.2 Å². The van der Waals surface area contributed by atoms with E-state index in [0.717, 1.165) is 62.7 Å². The Morgan fingerprint density at radius 3 is 1.52 bits per heavy atom. The normalized spacial score (nSPS) is 13.5. The van der Waals surface area contributed by atoms with Crippen LogP contribution in [0.4, 0.5) is 0 Å². The summed E-state index contributed by atoms with van der Waals surface area (Å²) in [7, 11) is -0.0638. The number of rotatable bonds is 45.